The first-order valence-corrected chi connectivity index (χ1v) is 7.14. The van der Waals surface area contributed by atoms with Crippen molar-refractivity contribution in [3.63, 3.8) is 0 Å². The molecule has 1 aliphatic rings. The molecule has 0 radical (unpaired) electrons. The molecule has 1 fully saturated rings. The van der Waals surface area contributed by atoms with Gasteiger partial charge < -0.3 is 4.90 Å². The van der Waals surface area contributed by atoms with Crippen LogP contribution < -0.4 is 4.90 Å². The van der Waals surface area contributed by atoms with Gasteiger partial charge in [-0.1, -0.05) is 18.2 Å². The van der Waals surface area contributed by atoms with Gasteiger partial charge in [0.1, 0.15) is 5.82 Å². The average Bonchev–Trinajstić information content (AvgIpc) is 2.87. The van der Waals surface area contributed by atoms with Crippen LogP contribution in [0.1, 0.15) is 18.6 Å². The molecular weight excluding hydrogens is 250 g/mol. The third-order valence-electron chi connectivity index (χ3n) is 3.87. The van der Waals surface area contributed by atoms with Crippen molar-refractivity contribution in [2.75, 3.05) is 24.5 Å². The van der Waals surface area contributed by atoms with Gasteiger partial charge in [-0.2, -0.15) is 5.10 Å². The normalized spacial score (nSPS) is 20.3. The van der Waals surface area contributed by atoms with Crippen molar-refractivity contribution in [1.29, 1.82) is 0 Å². The molecule has 0 unspecified atom stereocenters. The van der Waals surface area contributed by atoms with Crippen LogP contribution in [0.4, 0.5) is 5.69 Å². The lowest BCUT2D eigenvalue weighted by Crippen LogP contribution is -2.51. The summed E-state index contributed by atoms with van der Waals surface area (Å²) in [5, 5.41) is 7.14. The highest BCUT2D eigenvalue weighted by Crippen LogP contribution is 2.19. The number of benzene rings is 1. The van der Waals surface area contributed by atoms with E-state index in [-0.39, 0.29) is 0 Å². The number of hydrogen-bond donors (Lipinski definition) is 1. The van der Waals surface area contributed by atoms with Crippen LogP contribution in [0.2, 0.25) is 0 Å². The summed E-state index contributed by atoms with van der Waals surface area (Å²) in [6.45, 7) is 8.19. The Bertz CT molecular complexity index is 550. The molecule has 1 aromatic carbocycles. The summed E-state index contributed by atoms with van der Waals surface area (Å²) in [4.78, 5) is 9.29. The molecule has 0 saturated carbocycles. The van der Waals surface area contributed by atoms with Gasteiger partial charge in [-0.25, -0.2) is 4.98 Å². The number of hydrogen-bond acceptors (Lipinski definition) is 4. The SMILES string of the molecule is Cc1nc(CN2CCN(c3ccccc3)C[C@@H]2C)n[nH]1. The molecule has 0 amide bonds. The van der Waals surface area contributed by atoms with Crippen LogP contribution in [0.25, 0.3) is 0 Å². The minimum Gasteiger partial charge on any atom is -0.369 e. The van der Waals surface area contributed by atoms with Crippen molar-refractivity contribution in [2.45, 2.75) is 26.4 Å². The van der Waals surface area contributed by atoms with Gasteiger partial charge in [-0.15, -0.1) is 0 Å². The molecule has 0 spiro atoms. The second-order valence-corrected chi connectivity index (χ2v) is 5.44. The first kappa shape index (κ1) is 13.1. The number of aryl methyl sites for hydroxylation is 1. The van der Waals surface area contributed by atoms with Crippen LogP contribution in [0, 0.1) is 6.92 Å². The van der Waals surface area contributed by atoms with Gasteiger partial charge >= 0.3 is 0 Å². The van der Waals surface area contributed by atoms with E-state index in [1.165, 1.54) is 5.69 Å². The summed E-state index contributed by atoms with van der Waals surface area (Å²) < 4.78 is 0. The van der Waals surface area contributed by atoms with Crippen LogP contribution in [0.3, 0.4) is 0 Å². The standard InChI is InChI=1S/C15H21N5/c1-12-10-20(14-6-4-3-5-7-14)9-8-19(12)11-15-16-13(2)17-18-15/h3-7,12H,8-11H2,1-2H3,(H,16,17,18)/t12-/m0/s1. The molecule has 1 N–H and O–H groups in total. The number of nitrogens with zero attached hydrogens (tertiary/aromatic N) is 4. The Morgan fingerprint density at radius 1 is 1.25 bits per heavy atom. The Kier molecular flexibility index (Phi) is 3.69. The molecule has 1 saturated heterocycles. The van der Waals surface area contributed by atoms with E-state index in [1.807, 2.05) is 6.92 Å². The summed E-state index contributed by atoms with van der Waals surface area (Å²) in [6, 6.07) is 11.1. The molecule has 106 valence electrons. The highest BCUT2D eigenvalue weighted by Gasteiger charge is 2.24. The van der Waals surface area contributed by atoms with Crippen molar-refractivity contribution in [3.05, 3.63) is 42.0 Å². The topological polar surface area (TPSA) is 48.1 Å². The van der Waals surface area contributed by atoms with Crippen LogP contribution in [0.15, 0.2) is 30.3 Å². The van der Waals surface area contributed by atoms with Gasteiger partial charge in [-0.05, 0) is 26.0 Å². The average molecular weight is 271 g/mol. The lowest BCUT2D eigenvalue weighted by atomic mass is 10.1. The number of H-pyrrole nitrogens is 1. The molecule has 1 aromatic heterocycles. The fourth-order valence-corrected chi connectivity index (χ4v) is 2.74. The third kappa shape index (κ3) is 2.82. The maximum absolute atomic E-state index is 4.39. The van der Waals surface area contributed by atoms with Gasteiger partial charge in [-0.3, -0.25) is 10.00 Å². The maximum atomic E-state index is 4.39. The molecule has 5 heteroatoms. The fraction of sp³-hybridized carbons (Fsp3) is 0.467. The largest absolute Gasteiger partial charge is 0.369 e. The predicted octanol–water partition coefficient (Wildman–Crippen LogP) is 1.82. The van der Waals surface area contributed by atoms with E-state index < -0.39 is 0 Å². The van der Waals surface area contributed by atoms with Crippen LogP contribution in [-0.4, -0.2) is 45.8 Å². The minimum absolute atomic E-state index is 0.503. The summed E-state index contributed by atoms with van der Waals surface area (Å²) in [7, 11) is 0. The Morgan fingerprint density at radius 2 is 2.05 bits per heavy atom. The fourth-order valence-electron chi connectivity index (χ4n) is 2.74. The number of para-hydroxylation sites is 1. The van der Waals surface area contributed by atoms with Crippen LogP contribution in [0.5, 0.6) is 0 Å². The van der Waals surface area contributed by atoms with E-state index in [4.69, 9.17) is 0 Å². The van der Waals surface area contributed by atoms with Crippen molar-refractivity contribution in [3.8, 4) is 0 Å². The van der Waals surface area contributed by atoms with Gasteiger partial charge in [0.15, 0.2) is 5.82 Å². The van der Waals surface area contributed by atoms with Crippen LogP contribution in [-0.2, 0) is 6.54 Å². The van der Waals surface area contributed by atoms with E-state index in [0.29, 0.717) is 6.04 Å². The molecule has 3 rings (SSSR count). The maximum Gasteiger partial charge on any atom is 0.164 e. The van der Waals surface area contributed by atoms with E-state index in [0.717, 1.165) is 37.8 Å². The van der Waals surface area contributed by atoms with Crippen molar-refractivity contribution in [1.82, 2.24) is 20.1 Å². The molecule has 1 aliphatic heterocycles. The third-order valence-corrected chi connectivity index (χ3v) is 3.87. The Balaban J connectivity index is 1.62. The van der Waals surface area contributed by atoms with E-state index >= 15 is 0 Å². The van der Waals surface area contributed by atoms with Crippen molar-refractivity contribution in [2.24, 2.45) is 0 Å². The summed E-state index contributed by atoms with van der Waals surface area (Å²) in [5.41, 5.74) is 1.31. The quantitative estimate of drug-likeness (QED) is 0.925. The molecule has 0 bridgehead atoms. The molecular formula is C15H21N5. The first-order chi connectivity index (χ1) is 9.72. The summed E-state index contributed by atoms with van der Waals surface area (Å²) in [5.74, 6) is 1.78. The predicted molar refractivity (Wildman–Crippen MR) is 79.6 cm³/mol. The number of aromatic amines is 1. The molecule has 5 nitrogen and oxygen atoms in total. The summed E-state index contributed by atoms with van der Waals surface area (Å²) in [6.07, 6.45) is 0. The van der Waals surface area contributed by atoms with E-state index in [2.05, 4.69) is 62.2 Å². The van der Waals surface area contributed by atoms with E-state index in [9.17, 15) is 0 Å². The van der Waals surface area contributed by atoms with Gasteiger partial charge in [0.05, 0.1) is 6.54 Å². The highest BCUT2D eigenvalue weighted by molar-refractivity contribution is 5.46. The van der Waals surface area contributed by atoms with Crippen molar-refractivity contribution >= 4 is 5.69 Å². The second-order valence-electron chi connectivity index (χ2n) is 5.44. The number of anilines is 1. The smallest absolute Gasteiger partial charge is 0.164 e. The minimum atomic E-state index is 0.503. The van der Waals surface area contributed by atoms with Crippen LogP contribution >= 0.6 is 0 Å². The Labute approximate surface area is 119 Å². The Morgan fingerprint density at radius 3 is 2.70 bits per heavy atom. The Hall–Kier alpha value is -1.88. The molecule has 1 atom stereocenters. The van der Waals surface area contributed by atoms with Gasteiger partial charge in [0, 0.05) is 31.4 Å². The number of rotatable bonds is 3. The van der Waals surface area contributed by atoms with Crippen molar-refractivity contribution < 1.29 is 0 Å². The second kappa shape index (κ2) is 5.63. The molecule has 2 aromatic rings. The number of aromatic nitrogens is 3. The van der Waals surface area contributed by atoms with E-state index in [1.54, 1.807) is 0 Å². The monoisotopic (exact) mass is 271 g/mol. The van der Waals surface area contributed by atoms with Gasteiger partial charge in [0.25, 0.3) is 0 Å². The molecule has 2 heterocycles. The molecule has 0 aliphatic carbocycles. The zero-order chi connectivity index (χ0) is 13.9. The summed E-state index contributed by atoms with van der Waals surface area (Å²) >= 11 is 0. The number of piperazine rings is 1. The van der Waals surface area contributed by atoms with Gasteiger partial charge in [0.2, 0.25) is 0 Å². The highest BCUT2D eigenvalue weighted by atomic mass is 15.3. The zero-order valence-electron chi connectivity index (χ0n) is 12.1. The first-order valence-electron chi connectivity index (χ1n) is 7.14. The lowest BCUT2D eigenvalue weighted by Gasteiger charge is -2.40. The lowest BCUT2D eigenvalue weighted by molar-refractivity contribution is 0.177. The number of nitrogens with one attached hydrogen (secondary N) is 1. The zero-order valence-corrected chi connectivity index (χ0v) is 12.1. The molecule has 20 heavy (non-hydrogen) atoms.